The van der Waals surface area contributed by atoms with Gasteiger partial charge < -0.3 is 9.84 Å². The first-order chi connectivity index (χ1) is 5.52. The van der Waals surface area contributed by atoms with Gasteiger partial charge in [-0.2, -0.15) is 0 Å². The van der Waals surface area contributed by atoms with E-state index >= 15 is 0 Å². The van der Waals surface area contributed by atoms with E-state index < -0.39 is 6.10 Å². The highest BCUT2D eigenvalue weighted by Crippen LogP contribution is 2.30. The smallest absolute Gasteiger partial charge is 0.309 e. The van der Waals surface area contributed by atoms with Crippen molar-refractivity contribution in [2.45, 2.75) is 39.4 Å². The van der Waals surface area contributed by atoms with Crippen LogP contribution in [0.1, 0.15) is 27.2 Å². The standard InChI is InChI=1S/C9H16O3/c1-5(10)4-8-6(2)7(3)12-9(8)11/h5-8,10H,4H2,1-3H3/t5?,6-,7-,8-/m1/s1. The highest BCUT2D eigenvalue weighted by Gasteiger charge is 2.39. The number of aliphatic hydroxyl groups is 1. The molecule has 0 aromatic heterocycles. The first kappa shape index (κ1) is 9.52. The molecule has 1 aliphatic heterocycles. The molecule has 0 aliphatic carbocycles. The van der Waals surface area contributed by atoms with Crippen molar-refractivity contribution in [1.29, 1.82) is 0 Å². The third kappa shape index (κ3) is 1.78. The van der Waals surface area contributed by atoms with E-state index in [1.54, 1.807) is 6.92 Å². The Balaban J connectivity index is 2.57. The third-order valence-electron chi connectivity index (χ3n) is 2.57. The second-order valence-electron chi connectivity index (χ2n) is 3.69. The molecular formula is C9H16O3. The summed E-state index contributed by atoms with van der Waals surface area (Å²) in [5, 5.41) is 9.13. The average molecular weight is 172 g/mol. The molecule has 1 heterocycles. The van der Waals surface area contributed by atoms with Crippen molar-refractivity contribution in [3.8, 4) is 0 Å². The van der Waals surface area contributed by atoms with E-state index in [9.17, 15) is 4.79 Å². The normalized spacial score (nSPS) is 38.0. The molecule has 0 amide bonds. The molecule has 1 fully saturated rings. The number of hydrogen-bond donors (Lipinski definition) is 1. The number of aliphatic hydroxyl groups excluding tert-OH is 1. The van der Waals surface area contributed by atoms with Gasteiger partial charge in [0.25, 0.3) is 0 Å². The Hall–Kier alpha value is -0.570. The van der Waals surface area contributed by atoms with Gasteiger partial charge in [0.2, 0.25) is 0 Å². The van der Waals surface area contributed by atoms with Crippen molar-refractivity contribution in [2.75, 3.05) is 0 Å². The van der Waals surface area contributed by atoms with Gasteiger partial charge in [-0.1, -0.05) is 6.92 Å². The van der Waals surface area contributed by atoms with Crippen LogP contribution in [-0.4, -0.2) is 23.3 Å². The lowest BCUT2D eigenvalue weighted by atomic mass is 9.89. The van der Waals surface area contributed by atoms with Crippen LogP contribution >= 0.6 is 0 Å². The Labute approximate surface area is 72.7 Å². The minimum absolute atomic E-state index is 0.00116. The lowest BCUT2D eigenvalue weighted by molar-refractivity contribution is -0.144. The topological polar surface area (TPSA) is 46.5 Å². The number of esters is 1. The summed E-state index contributed by atoms with van der Waals surface area (Å²) in [7, 11) is 0. The molecule has 1 saturated heterocycles. The monoisotopic (exact) mass is 172 g/mol. The second kappa shape index (κ2) is 3.44. The minimum Gasteiger partial charge on any atom is -0.462 e. The van der Waals surface area contributed by atoms with Gasteiger partial charge in [0.05, 0.1) is 12.0 Å². The van der Waals surface area contributed by atoms with Crippen molar-refractivity contribution in [3.63, 3.8) is 0 Å². The van der Waals surface area contributed by atoms with Crippen molar-refractivity contribution < 1.29 is 14.6 Å². The molecule has 0 radical (unpaired) electrons. The van der Waals surface area contributed by atoms with Crippen molar-refractivity contribution in [2.24, 2.45) is 11.8 Å². The van der Waals surface area contributed by atoms with Crippen LogP contribution in [0.3, 0.4) is 0 Å². The van der Waals surface area contributed by atoms with Crippen LogP contribution in [0.4, 0.5) is 0 Å². The maximum Gasteiger partial charge on any atom is 0.309 e. The Morgan fingerprint density at radius 1 is 1.58 bits per heavy atom. The summed E-state index contributed by atoms with van der Waals surface area (Å²) < 4.78 is 5.04. The summed E-state index contributed by atoms with van der Waals surface area (Å²) in [6.45, 7) is 5.58. The third-order valence-corrected chi connectivity index (χ3v) is 2.57. The summed E-state index contributed by atoms with van der Waals surface area (Å²) >= 11 is 0. The molecule has 4 atom stereocenters. The van der Waals surface area contributed by atoms with E-state index in [0.717, 1.165) is 0 Å². The molecule has 12 heavy (non-hydrogen) atoms. The second-order valence-corrected chi connectivity index (χ2v) is 3.69. The minimum atomic E-state index is -0.421. The number of cyclic esters (lactones) is 1. The highest BCUT2D eigenvalue weighted by molar-refractivity contribution is 5.75. The van der Waals surface area contributed by atoms with Crippen LogP contribution in [0.5, 0.6) is 0 Å². The van der Waals surface area contributed by atoms with E-state index in [0.29, 0.717) is 6.42 Å². The largest absolute Gasteiger partial charge is 0.462 e. The zero-order chi connectivity index (χ0) is 9.30. The van der Waals surface area contributed by atoms with Gasteiger partial charge in [-0.25, -0.2) is 0 Å². The molecule has 0 spiro atoms. The fraction of sp³-hybridized carbons (Fsp3) is 0.889. The summed E-state index contributed by atoms with van der Waals surface area (Å²) in [4.78, 5) is 11.2. The maximum atomic E-state index is 11.2. The summed E-state index contributed by atoms with van der Waals surface area (Å²) in [6.07, 6.45) is 0.0983. The number of rotatable bonds is 2. The summed E-state index contributed by atoms with van der Waals surface area (Å²) in [5.74, 6) is -0.0389. The maximum absolute atomic E-state index is 11.2. The quantitative estimate of drug-likeness (QED) is 0.631. The van der Waals surface area contributed by atoms with Crippen LogP contribution in [0.2, 0.25) is 0 Å². The predicted molar refractivity (Wildman–Crippen MR) is 44.5 cm³/mol. The number of carbonyl (C=O) groups is 1. The van der Waals surface area contributed by atoms with E-state index in [4.69, 9.17) is 9.84 Å². The fourth-order valence-corrected chi connectivity index (χ4v) is 1.60. The highest BCUT2D eigenvalue weighted by atomic mass is 16.6. The zero-order valence-corrected chi connectivity index (χ0v) is 7.78. The van der Waals surface area contributed by atoms with Crippen LogP contribution in [0, 0.1) is 11.8 Å². The van der Waals surface area contributed by atoms with E-state index in [-0.39, 0.29) is 23.9 Å². The van der Waals surface area contributed by atoms with E-state index in [1.165, 1.54) is 0 Å². The van der Waals surface area contributed by atoms with Gasteiger partial charge in [0.1, 0.15) is 6.10 Å². The van der Waals surface area contributed by atoms with Crippen LogP contribution < -0.4 is 0 Å². The molecule has 1 unspecified atom stereocenters. The van der Waals surface area contributed by atoms with E-state index in [1.807, 2.05) is 13.8 Å². The van der Waals surface area contributed by atoms with E-state index in [2.05, 4.69) is 0 Å². The van der Waals surface area contributed by atoms with Crippen LogP contribution in [-0.2, 0) is 9.53 Å². The number of carbonyl (C=O) groups excluding carboxylic acids is 1. The molecule has 70 valence electrons. The number of hydrogen-bond acceptors (Lipinski definition) is 3. The van der Waals surface area contributed by atoms with Crippen LogP contribution in [0.15, 0.2) is 0 Å². The first-order valence-electron chi connectivity index (χ1n) is 4.41. The molecular weight excluding hydrogens is 156 g/mol. The molecule has 1 rings (SSSR count). The predicted octanol–water partition coefficient (Wildman–Crippen LogP) is 0.955. The SMILES string of the molecule is CC(O)C[C@H]1C(=O)O[C@H](C)[C@H]1C. The first-order valence-corrected chi connectivity index (χ1v) is 4.41. The number of ether oxygens (including phenoxy) is 1. The van der Waals surface area contributed by atoms with Gasteiger partial charge in [0, 0.05) is 5.92 Å². The van der Waals surface area contributed by atoms with Gasteiger partial charge in [-0.05, 0) is 20.3 Å². The van der Waals surface area contributed by atoms with Gasteiger partial charge in [-0.15, -0.1) is 0 Å². The Morgan fingerprint density at radius 2 is 2.17 bits per heavy atom. The molecule has 0 bridgehead atoms. The Kier molecular flexibility index (Phi) is 2.73. The molecule has 1 N–H and O–H groups in total. The van der Waals surface area contributed by atoms with Crippen molar-refractivity contribution in [3.05, 3.63) is 0 Å². The molecule has 0 aromatic rings. The molecule has 1 aliphatic rings. The lowest BCUT2D eigenvalue weighted by Crippen LogP contribution is -2.20. The molecule has 3 heteroatoms. The molecule has 3 nitrogen and oxygen atoms in total. The molecule has 0 saturated carbocycles. The van der Waals surface area contributed by atoms with Crippen molar-refractivity contribution >= 4 is 5.97 Å². The Bertz CT molecular complexity index is 177. The fourth-order valence-electron chi connectivity index (χ4n) is 1.60. The van der Waals surface area contributed by atoms with Crippen molar-refractivity contribution in [1.82, 2.24) is 0 Å². The zero-order valence-electron chi connectivity index (χ0n) is 7.78. The van der Waals surface area contributed by atoms with Gasteiger partial charge in [-0.3, -0.25) is 4.79 Å². The lowest BCUT2D eigenvalue weighted by Gasteiger charge is -2.13. The summed E-state index contributed by atoms with van der Waals surface area (Å²) in [6, 6.07) is 0. The van der Waals surface area contributed by atoms with Gasteiger partial charge >= 0.3 is 5.97 Å². The average Bonchev–Trinajstić information content (AvgIpc) is 2.16. The summed E-state index contributed by atoms with van der Waals surface area (Å²) in [5.41, 5.74) is 0. The Morgan fingerprint density at radius 3 is 2.50 bits per heavy atom. The van der Waals surface area contributed by atoms with Gasteiger partial charge in [0.15, 0.2) is 0 Å². The van der Waals surface area contributed by atoms with Crippen LogP contribution in [0.25, 0.3) is 0 Å². The molecule has 0 aromatic carbocycles.